The Hall–Kier alpha value is -2.07. The number of benzene rings is 2. The molecular formula is C13H8ClFN2O. The number of rotatable bonds is 1. The maximum Gasteiger partial charge on any atom is 0.229 e. The van der Waals surface area contributed by atoms with Crippen LogP contribution >= 0.6 is 11.6 Å². The largest absolute Gasteiger partial charge is 0.436 e. The van der Waals surface area contributed by atoms with Gasteiger partial charge in [0.25, 0.3) is 0 Å². The van der Waals surface area contributed by atoms with Crippen LogP contribution in [0.3, 0.4) is 0 Å². The van der Waals surface area contributed by atoms with Crippen molar-refractivity contribution in [3.63, 3.8) is 0 Å². The lowest BCUT2D eigenvalue weighted by Gasteiger charge is -2.02. The smallest absolute Gasteiger partial charge is 0.229 e. The number of nitrogens with zero attached hydrogens (tertiary/aromatic N) is 1. The van der Waals surface area contributed by atoms with Gasteiger partial charge in [-0.05, 0) is 24.3 Å². The van der Waals surface area contributed by atoms with Crippen molar-refractivity contribution in [3.05, 3.63) is 47.2 Å². The van der Waals surface area contributed by atoms with Gasteiger partial charge in [-0.3, -0.25) is 0 Å². The van der Waals surface area contributed by atoms with Gasteiger partial charge in [-0.25, -0.2) is 9.37 Å². The number of aromatic nitrogens is 1. The highest BCUT2D eigenvalue weighted by Gasteiger charge is 2.12. The van der Waals surface area contributed by atoms with Gasteiger partial charge in [-0.1, -0.05) is 17.7 Å². The molecule has 3 nitrogen and oxygen atoms in total. The first-order valence-electron chi connectivity index (χ1n) is 5.25. The standard InChI is InChI=1S/C13H8ClFN2O/c14-9-3-1-2-8(12(9)16)13-17-10-5-4-7(15)6-11(10)18-13/h1-6H,16H2. The van der Waals surface area contributed by atoms with Crippen LogP contribution in [0.25, 0.3) is 22.6 Å². The maximum absolute atomic E-state index is 13.1. The Morgan fingerprint density at radius 3 is 2.89 bits per heavy atom. The van der Waals surface area contributed by atoms with E-state index in [1.54, 1.807) is 24.3 Å². The van der Waals surface area contributed by atoms with E-state index in [1.165, 1.54) is 12.1 Å². The average molecular weight is 263 g/mol. The Morgan fingerprint density at radius 2 is 2.06 bits per heavy atom. The molecule has 0 atom stereocenters. The van der Waals surface area contributed by atoms with Gasteiger partial charge in [0, 0.05) is 6.07 Å². The number of hydrogen-bond acceptors (Lipinski definition) is 3. The molecule has 0 unspecified atom stereocenters. The molecule has 0 amide bonds. The van der Waals surface area contributed by atoms with Crippen molar-refractivity contribution in [1.82, 2.24) is 4.98 Å². The fourth-order valence-corrected chi connectivity index (χ4v) is 1.91. The van der Waals surface area contributed by atoms with Gasteiger partial charge in [0.05, 0.1) is 16.3 Å². The van der Waals surface area contributed by atoms with E-state index >= 15 is 0 Å². The van der Waals surface area contributed by atoms with Gasteiger partial charge in [0.2, 0.25) is 5.89 Å². The van der Waals surface area contributed by atoms with Crippen LogP contribution in [0.2, 0.25) is 5.02 Å². The first-order valence-corrected chi connectivity index (χ1v) is 5.63. The molecule has 0 aliphatic carbocycles. The zero-order valence-corrected chi connectivity index (χ0v) is 9.91. The number of fused-ring (bicyclic) bond motifs is 1. The summed E-state index contributed by atoms with van der Waals surface area (Å²) < 4.78 is 18.5. The number of anilines is 1. The summed E-state index contributed by atoms with van der Waals surface area (Å²) in [4.78, 5) is 4.25. The van der Waals surface area contributed by atoms with Crippen LogP contribution in [0.5, 0.6) is 0 Å². The quantitative estimate of drug-likeness (QED) is 0.677. The third-order valence-electron chi connectivity index (χ3n) is 2.63. The third kappa shape index (κ3) is 1.71. The summed E-state index contributed by atoms with van der Waals surface area (Å²) in [6, 6.07) is 9.36. The van der Waals surface area contributed by atoms with Crippen molar-refractivity contribution >= 4 is 28.4 Å². The number of para-hydroxylation sites is 1. The molecular weight excluding hydrogens is 255 g/mol. The Kier molecular flexibility index (Phi) is 2.45. The second-order valence-electron chi connectivity index (χ2n) is 3.83. The molecule has 1 heterocycles. The molecule has 0 fully saturated rings. The lowest BCUT2D eigenvalue weighted by atomic mass is 10.2. The van der Waals surface area contributed by atoms with E-state index in [-0.39, 0.29) is 5.82 Å². The number of nitrogens with two attached hydrogens (primary N) is 1. The summed E-state index contributed by atoms with van der Waals surface area (Å²) in [5.74, 6) is -0.0418. The van der Waals surface area contributed by atoms with E-state index < -0.39 is 0 Å². The van der Waals surface area contributed by atoms with Crippen molar-refractivity contribution in [1.29, 1.82) is 0 Å². The van der Waals surface area contributed by atoms with Crippen molar-refractivity contribution in [2.75, 3.05) is 5.73 Å². The van der Waals surface area contributed by atoms with E-state index in [4.69, 9.17) is 21.8 Å². The van der Waals surface area contributed by atoms with Gasteiger partial charge in [0.1, 0.15) is 11.3 Å². The first kappa shape index (κ1) is 11.0. The molecule has 5 heteroatoms. The van der Waals surface area contributed by atoms with Gasteiger partial charge in [-0.2, -0.15) is 0 Å². The van der Waals surface area contributed by atoms with Crippen molar-refractivity contribution in [2.45, 2.75) is 0 Å². The summed E-state index contributed by atoms with van der Waals surface area (Å²) in [5.41, 5.74) is 7.81. The monoisotopic (exact) mass is 262 g/mol. The normalized spacial score (nSPS) is 11.0. The van der Waals surface area contributed by atoms with Crippen LogP contribution < -0.4 is 5.73 Å². The van der Waals surface area contributed by atoms with Crippen LogP contribution in [0, 0.1) is 5.82 Å². The van der Waals surface area contributed by atoms with Crippen molar-refractivity contribution in [3.8, 4) is 11.5 Å². The molecule has 3 aromatic rings. The zero-order chi connectivity index (χ0) is 12.7. The minimum Gasteiger partial charge on any atom is -0.436 e. The number of nitrogen functional groups attached to an aromatic ring is 1. The van der Waals surface area contributed by atoms with Crippen molar-refractivity contribution < 1.29 is 8.81 Å². The highest BCUT2D eigenvalue weighted by Crippen LogP contribution is 2.32. The van der Waals surface area contributed by atoms with E-state index in [0.717, 1.165) is 0 Å². The second kappa shape index (κ2) is 3.99. The Labute approximate surface area is 107 Å². The van der Waals surface area contributed by atoms with Crippen LogP contribution in [-0.2, 0) is 0 Å². The van der Waals surface area contributed by atoms with Gasteiger partial charge in [-0.15, -0.1) is 0 Å². The molecule has 0 saturated heterocycles. The number of hydrogen-bond donors (Lipinski definition) is 1. The highest BCUT2D eigenvalue weighted by atomic mass is 35.5. The third-order valence-corrected chi connectivity index (χ3v) is 2.96. The minimum atomic E-state index is -0.371. The summed E-state index contributed by atoms with van der Waals surface area (Å²) in [6.07, 6.45) is 0. The molecule has 0 spiro atoms. The summed E-state index contributed by atoms with van der Waals surface area (Å²) >= 11 is 5.93. The average Bonchev–Trinajstić information content (AvgIpc) is 2.75. The lowest BCUT2D eigenvalue weighted by Crippen LogP contribution is -1.90. The molecule has 0 aliphatic heterocycles. The van der Waals surface area contributed by atoms with E-state index in [2.05, 4.69) is 4.98 Å². The zero-order valence-electron chi connectivity index (χ0n) is 9.15. The topological polar surface area (TPSA) is 52.0 Å². The van der Waals surface area contributed by atoms with Crippen LogP contribution in [-0.4, -0.2) is 4.98 Å². The summed E-state index contributed by atoms with van der Waals surface area (Å²) in [5, 5.41) is 0.431. The lowest BCUT2D eigenvalue weighted by molar-refractivity contribution is 0.602. The predicted molar refractivity (Wildman–Crippen MR) is 68.8 cm³/mol. The Morgan fingerprint density at radius 1 is 1.22 bits per heavy atom. The van der Waals surface area contributed by atoms with Crippen LogP contribution in [0.1, 0.15) is 0 Å². The van der Waals surface area contributed by atoms with Crippen molar-refractivity contribution in [2.24, 2.45) is 0 Å². The highest BCUT2D eigenvalue weighted by molar-refractivity contribution is 6.33. The van der Waals surface area contributed by atoms with E-state index in [1.807, 2.05) is 0 Å². The fourth-order valence-electron chi connectivity index (χ4n) is 1.74. The molecule has 0 bridgehead atoms. The molecule has 0 aliphatic rings. The molecule has 1 aromatic heterocycles. The summed E-state index contributed by atoms with van der Waals surface area (Å²) in [6.45, 7) is 0. The minimum absolute atomic E-state index is 0.329. The number of halogens is 2. The van der Waals surface area contributed by atoms with Crippen LogP contribution in [0.4, 0.5) is 10.1 Å². The van der Waals surface area contributed by atoms with Gasteiger partial charge in [0.15, 0.2) is 5.58 Å². The van der Waals surface area contributed by atoms with E-state index in [0.29, 0.717) is 33.3 Å². The summed E-state index contributed by atoms with van der Waals surface area (Å²) in [7, 11) is 0. The van der Waals surface area contributed by atoms with Gasteiger partial charge >= 0.3 is 0 Å². The van der Waals surface area contributed by atoms with E-state index in [9.17, 15) is 4.39 Å². The van der Waals surface area contributed by atoms with Gasteiger partial charge < -0.3 is 10.2 Å². The predicted octanol–water partition coefficient (Wildman–Crippen LogP) is 3.87. The molecule has 2 aromatic carbocycles. The van der Waals surface area contributed by atoms with Crippen LogP contribution in [0.15, 0.2) is 40.8 Å². The molecule has 2 N–H and O–H groups in total. The molecule has 18 heavy (non-hydrogen) atoms. The first-order chi connectivity index (χ1) is 8.65. The second-order valence-corrected chi connectivity index (χ2v) is 4.24. The Balaban J connectivity index is 2.22. The molecule has 90 valence electrons. The Bertz CT molecular complexity index is 739. The molecule has 0 radical (unpaired) electrons. The SMILES string of the molecule is Nc1c(Cl)cccc1-c1nc2ccc(F)cc2o1. The molecule has 0 saturated carbocycles. The number of oxazole rings is 1. The molecule has 3 rings (SSSR count). The fraction of sp³-hybridized carbons (Fsp3) is 0. The maximum atomic E-state index is 13.1.